The van der Waals surface area contributed by atoms with Crippen LogP contribution in [-0.2, 0) is 15.9 Å². The Labute approximate surface area is 202 Å². The van der Waals surface area contributed by atoms with Gasteiger partial charge in [0.05, 0.1) is 13.2 Å². The average molecular weight is 493 g/mol. The molecule has 0 spiro atoms. The van der Waals surface area contributed by atoms with Gasteiger partial charge in [0.15, 0.2) is 17.8 Å². The van der Waals surface area contributed by atoms with E-state index >= 15 is 0 Å². The summed E-state index contributed by atoms with van der Waals surface area (Å²) in [6.07, 6.45) is -4.35. The number of fused-ring (bicyclic) bond motifs is 2. The van der Waals surface area contributed by atoms with E-state index in [0.29, 0.717) is 22.9 Å². The largest absolute Gasteiger partial charge is 0.454 e. The maximum Gasteiger partial charge on any atom is 0.231 e. The maximum absolute atomic E-state index is 10.3. The second kappa shape index (κ2) is 9.62. The van der Waals surface area contributed by atoms with Crippen molar-refractivity contribution in [1.29, 1.82) is 0 Å². The number of halogens is 1. The molecule has 2 aromatic rings. The van der Waals surface area contributed by atoms with E-state index in [2.05, 4.69) is 6.07 Å². The van der Waals surface area contributed by atoms with Gasteiger partial charge in [-0.25, -0.2) is 0 Å². The highest BCUT2D eigenvalue weighted by atomic mass is 35.5. The first kappa shape index (κ1) is 23.8. The molecule has 0 radical (unpaired) electrons. The van der Waals surface area contributed by atoms with E-state index in [-0.39, 0.29) is 44.4 Å². The highest BCUT2D eigenvalue weighted by Crippen LogP contribution is 2.47. The van der Waals surface area contributed by atoms with Gasteiger partial charge in [-0.1, -0.05) is 23.7 Å². The summed E-state index contributed by atoms with van der Waals surface area (Å²) in [4.78, 5) is 0. The van der Waals surface area contributed by atoms with Crippen LogP contribution in [0, 0.1) is 18.8 Å². The summed E-state index contributed by atoms with van der Waals surface area (Å²) >= 11 is 6.53. The lowest BCUT2D eigenvalue weighted by Crippen LogP contribution is -2.54. The molecule has 7 atom stereocenters. The van der Waals surface area contributed by atoms with Gasteiger partial charge in [-0.05, 0) is 65.6 Å². The molecule has 2 aliphatic heterocycles. The second-order valence-corrected chi connectivity index (χ2v) is 9.69. The number of rotatable bonds is 5. The fourth-order valence-electron chi connectivity index (χ4n) is 5.26. The van der Waals surface area contributed by atoms with E-state index in [4.69, 9.17) is 30.5 Å². The van der Waals surface area contributed by atoms with Crippen molar-refractivity contribution in [3.8, 4) is 11.5 Å². The summed E-state index contributed by atoms with van der Waals surface area (Å²) in [6, 6.07) is 9.86. The van der Waals surface area contributed by atoms with Crippen molar-refractivity contribution in [2.75, 3.05) is 26.6 Å². The summed E-state index contributed by atoms with van der Waals surface area (Å²) in [5, 5.41) is 41.0. The zero-order chi connectivity index (χ0) is 24.0. The number of aliphatic hydroxyl groups is 4. The van der Waals surface area contributed by atoms with E-state index in [1.807, 2.05) is 31.2 Å². The molecule has 1 fully saturated rings. The van der Waals surface area contributed by atoms with E-state index in [1.165, 1.54) is 0 Å². The normalized spacial score (nSPS) is 32.5. The minimum absolute atomic E-state index is 0.0500. The molecule has 0 unspecified atom stereocenters. The lowest BCUT2D eigenvalue weighted by molar-refractivity contribution is -0.274. The van der Waals surface area contributed by atoms with Crippen molar-refractivity contribution in [2.24, 2.45) is 11.8 Å². The third-order valence-electron chi connectivity index (χ3n) is 7.17. The minimum Gasteiger partial charge on any atom is -0.454 e. The van der Waals surface area contributed by atoms with Crippen LogP contribution in [0.3, 0.4) is 0 Å². The number of hydrogen-bond donors (Lipinski definition) is 4. The zero-order valence-corrected chi connectivity index (χ0v) is 19.5. The van der Waals surface area contributed by atoms with Crippen LogP contribution < -0.4 is 9.47 Å². The molecule has 0 amide bonds. The Morgan fingerprint density at radius 2 is 1.85 bits per heavy atom. The first-order chi connectivity index (χ1) is 16.4. The predicted molar refractivity (Wildman–Crippen MR) is 122 cm³/mol. The summed E-state index contributed by atoms with van der Waals surface area (Å²) in [7, 11) is 0. The molecule has 184 valence electrons. The molecule has 1 saturated heterocycles. The van der Waals surface area contributed by atoms with Gasteiger partial charge in [-0.15, -0.1) is 0 Å². The van der Waals surface area contributed by atoms with Crippen LogP contribution in [0.1, 0.15) is 28.2 Å². The molecular weight excluding hydrogens is 464 g/mol. The Hall–Kier alpha value is -1.91. The predicted octanol–water partition coefficient (Wildman–Crippen LogP) is 1.75. The molecule has 5 rings (SSSR count). The van der Waals surface area contributed by atoms with Gasteiger partial charge in [0, 0.05) is 17.5 Å². The van der Waals surface area contributed by atoms with Crippen molar-refractivity contribution in [2.45, 2.75) is 43.9 Å². The van der Waals surface area contributed by atoms with Crippen molar-refractivity contribution in [3.05, 3.63) is 57.6 Å². The van der Waals surface area contributed by atoms with Gasteiger partial charge in [-0.2, -0.15) is 0 Å². The van der Waals surface area contributed by atoms with E-state index in [9.17, 15) is 20.4 Å². The van der Waals surface area contributed by atoms with Gasteiger partial charge in [0.1, 0.15) is 18.3 Å². The van der Waals surface area contributed by atoms with E-state index in [1.54, 1.807) is 0 Å². The quantitative estimate of drug-likeness (QED) is 0.498. The highest BCUT2D eigenvalue weighted by molar-refractivity contribution is 6.31. The number of hydrogen-bond acceptors (Lipinski definition) is 8. The van der Waals surface area contributed by atoms with Crippen molar-refractivity contribution in [3.63, 3.8) is 0 Å². The summed E-state index contributed by atoms with van der Waals surface area (Å²) < 4.78 is 22.5. The molecule has 34 heavy (non-hydrogen) atoms. The van der Waals surface area contributed by atoms with E-state index < -0.39 is 24.6 Å². The van der Waals surface area contributed by atoms with Crippen molar-refractivity contribution in [1.82, 2.24) is 0 Å². The Bertz CT molecular complexity index is 1050. The van der Waals surface area contributed by atoms with Crippen molar-refractivity contribution >= 4 is 11.6 Å². The van der Waals surface area contributed by atoms with Gasteiger partial charge >= 0.3 is 0 Å². The second-order valence-electron chi connectivity index (χ2n) is 9.28. The van der Waals surface area contributed by atoms with Gasteiger partial charge in [0.25, 0.3) is 0 Å². The molecule has 3 aliphatic rings. The van der Waals surface area contributed by atoms with Crippen LogP contribution in [0.15, 0.2) is 30.3 Å². The molecule has 8 nitrogen and oxygen atoms in total. The van der Waals surface area contributed by atoms with Crippen molar-refractivity contribution < 1.29 is 39.4 Å². The van der Waals surface area contributed by atoms with Crippen LogP contribution in [0.25, 0.3) is 0 Å². The zero-order valence-electron chi connectivity index (χ0n) is 18.8. The molecule has 0 bridgehead atoms. The first-order valence-electron chi connectivity index (χ1n) is 11.4. The molecule has 0 aromatic heterocycles. The summed E-state index contributed by atoms with van der Waals surface area (Å²) in [5.74, 6) is 0.853. The molecule has 0 saturated carbocycles. The summed E-state index contributed by atoms with van der Waals surface area (Å²) in [6.45, 7) is 2.09. The van der Waals surface area contributed by atoms with Gasteiger partial charge < -0.3 is 39.4 Å². The van der Waals surface area contributed by atoms with Crippen LogP contribution in [0.2, 0.25) is 5.02 Å². The smallest absolute Gasteiger partial charge is 0.231 e. The third kappa shape index (κ3) is 4.28. The lowest BCUT2D eigenvalue weighted by Gasteiger charge is -2.41. The fourth-order valence-corrected chi connectivity index (χ4v) is 5.43. The lowest BCUT2D eigenvalue weighted by atomic mass is 9.66. The maximum atomic E-state index is 10.3. The summed E-state index contributed by atoms with van der Waals surface area (Å²) in [5.41, 5.74) is 4.11. The number of aliphatic hydroxyl groups excluding tert-OH is 4. The minimum atomic E-state index is -1.38. The molecule has 2 aromatic carbocycles. The Morgan fingerprint density at radius 1 is 1.06 bits per heavy atom. The van der Waals surface area contributed by atoms with Gasteiger partial charge in [0.2, 0.25) is 6.79 Å². The topological polar surface area (TPSA) is 118 Å². The third-order valence-corrected chi connectivity index (χ3v) is 7.58. The number of aryl methyl sites for hydroxylation is 1. The Morgan fingerprint density at radius 3 is 2.65 bits per heavy atom. The van der Waals surface area contributed by atoms with E-state index in [0.717, 1.165) is 22.3 Å². The SMILES string of the molecule is Cc1cc2c(cc1Cl)[C@@H](c1ccc3c(c1)OCO3)[C@H](CO[C@@H]1OC[C@@H](O)[C@H](O)[C@H]1O)[C@@H](CO)C2. The van der Waals surface area contributed by atoms with Crippen LogP contribution in [0.4, 0.5) is 0 Å². The number of benzene rings is 2. The fraction of sp³-hybridized carbons (Fsp3) is 0.520. The molecule has 9 heteroatoms. The molecular formula is C25H29ClO8. The average Bonchev–Trinajstić information content (AvgIpc) is 3.30. The molecule has 1 aliphatic carbocycles. The Kier molecular flexibility index (Phi) is 6.74. The highest BCUT2D eigenvalue weighted by Gasteiger charge is 2.42. The van der Waals surface area contributed by atoms with Crippen LogP contribution in [0.5, 0.6) is 11.5 Å². The van der Waals surface area contributed by atoms with Gasteiger partial charge in [-0.3, -0.25) is 0 Å². The molecule has 4 N–H and O–H groups in total. The van der Waals surface area contributed by atoms with Crippen LogP contribution >= 0.6 is 11.6 Å². The van der Waals surface area contributed by atoms with Crippen LogP contribution in [-0.4, -0.2) is 71.6 Å². The number of ether oxygens (including phenoxy) is 4. The first-order valence-corrected chi connectivity index (χ1v) is 11.8. The standard InChI is InChI=1S/C25H29ClO8/c1-12-4-14-5-15(8-27)17(9-31-25-24(30)23(29)19(28)10-32-25)22(16(14)7-18(12)26)13-2-3-20-21(6-13)34-11-33-20/h2-4,6-7,15,17,19,22-25,27-30H,5,8-11H2,1H3/t15-,17-,19-,22-,23+,24-,25-/m1/s1. The molecule has 2 heterocycles. The monoisotopic (exact) mass is 492 g/mol. The Balaban J connectivity index is 1.50.